The molecule has 0 aliphatic heterocycles. The van der Waals surface area contributed by atoms with Crippen molar-refractivity contribution < 1.29 is 23.0 Å². The van der Waals surface area contributed by atoms with Crippen molar-refractivity contribution in [3.8, 4) is 5.75 Å². The number of alkyl halides is 2. The average Bonchev–Trinajstić information content (AvgIpc) is 2.38. The molecule has 0 unspecified atom stereocenters. The van der Waals surface area contributed by atoms with Gasteiger partial charge in [-0.2, -0.15) is 8.78 Å². The van der Waals surface area contributed by atoms with Crippen LogP contribution in [0.25, 0.3) is 0 Å². The van der Waals surface area contributed by atoms with Gasteiger partial charge in [0.05, 0.1) is 13.7 Å². The van der Waals surface area contributed by atoms with Gasteiger partial charge in [0.25, 0.3) is 0 Å². The summed E-state index contributed by atoms with van der Waals surface area (Å²) < 4.78 is 37.3. The summed E-state index contributed by atoms with van der Waals surface area (Å²) in [5.74, 6) is -5.09. The van der Waals surface area contributed by atoms with E-state index in [1.807, 2.05) is 0 Å². The lowest BCUT2D eigenvalue weighted by Crippen LogP contribution is -2.41. The summed E-state index contributed by atoms with van der Waals surface area (Å²) in [4.78, 5) is 11.2. The van der Waals surface area contributed by atoms with Gasteiger partial charge in [-0.25, -0.2) is 4.79 Å². The summed E-state index contributed by atoms with van der Waals surface area (Å²) in [5.41, 5.74) is 5.56. The van der Waals surface area contributed by atoms with Crippen molar-refractivity contribution in [2.45, 2.75) is 18.9 Å². The number of esters is 1. The number of carbonyl (C=O) groups excluding carboxylic acids is 1. The minimum Gasteiger partial charge on any atom is -0.497 e. The molecule has 0 aliphatic carbocycles. The Bertz CT molecular complexity index is 468. The van der Waals surface area contributed by atoms with Gasteiger partial charge in [0.2, 0.25) is 0 Å². The third-order valence-corrected chi connectivity index (χ3v) is 3.20. The van der Waals surface area contributed by atoms with Crippen molar-refractivity contribution in [2.24, 2.45) is 5.73 Å². The number of carbonyl (C=O) groups is 1. The van der Waals surface area contributed by atoms with Crippen LogP contribution in [0.15, 0.2) is 22.7 Å². The molecule has 1 aromatic carbocycles. The molecule has 2 N–H and O–H groups in total. The molecule has 4 nitrogen and oxygen atoms in total. The number of rotatable bonds is 5. The fourth-order valence-electron chi connectivity index (χ4n) is 1.44. The zero-order valence-corrected chi connectivity index (χ0v) is 12.0. The van der Waals surface area contributed by atoms with Crippen molar-refractivity contribution in [1.29, 1.82) is 0 Å². The van der Waals surface area contributed by atoms with Crippen molar-refractivity contribution in [1.82, 2.24) is 0 Å². The highest BCUT2D eigenvalue weighted by atomic mass is 79.9. The zero-order valence-electron chi connectivity index (χ0n) is 10.5. The van der Waals surface area contributed by atoms with Crippen LogP contribution in [0.4, 0.5) is 8.78 Å². The topological polar surface area (TPSA) is 61.5 Å². The van der Waals surface area contributed by atoms with Crippen molar-refractivity contribution in [3.63, 3.8) is 0 Å². The first kappa shape index (κ1) is 15.8. The normalized spacial score (nSPS) is 12.9. The molecule has 0 saturated carbocycles. The molecular weight excluding hydrogens is 324 g/mol. The fourth-order valence-corrected chi connectivity index (χ4v) is 1.93. The number of halogens is 3. The molecule has 0 fully saturated rings. The standard InChI is InChI=1S/C12H14BrF2NO3/c1-3-19-11(17)12(14,15)10(16)8-6-7(18-2)4-5-9(8)13/h4-6,10H,3,16H2,1-2H3/t10-/m0/s1. The monoisotopic (exact) mass is 337 g/mol. The van der Waals surface area contributed by atoms with Crippen LogP contribution in [0.3, 0.4) is 0 Å². The second-order valence-corrected chi connectivity index (χ2v) is 4.56. The van der Waals surface area contributed by atoms with Gasteiger partial charge in [0.15, 0.2) is 0 Å². The Balaban J connectivity index is 3.11. The van der Waals surface area contributed by atoms with Gasteiger partial charge >= 0.3 is 11.9 Å². The van der Waals surface area contributed by atoms with E-state index in [0.29, 0.717) is 10.2 Å². The molecule has 1 aromatic rings. The Morgan fingerprint density at radius 1 is 1.53 bits per heavy atom. The van der Waals surface area contributed by atoms with Crippen LogP contribution < -0.4 is 10.5 Å². The van der Waals surface area contributed by atoms with E-state index < -0.39 is 17.9 Å². The fraction of sp³-hybridized carbons (Fsp3) is 0.417. The molecule has 0 heterocycles. The summed E-state index contributed by atoms with van der Waals surface area (Å²) >= 11 is 3.12. The van der Waals surface area contributed by atoms with E-state index in [9.17, 15) is 13.6 Å². The van der Waals surface area contributed by atoms with Crippen molar-refractivity contribution >= 4 is 21.9 Å². The zero-order chi connectivity index (χ0) is 14.6. The Morgan fingerprint density at radius 3 is 2.68 bits per heavy atom. The second-order valence-electron chi connectivity index (χ2n) is 3.71. The van der Waals surface area contributed by atoms with E-state index in [1.165, 1.54) is 26.2 Å². The van der Waals surface area contributed by atoms with Gasteiger partial charge < -0.3 is 15.2 Å². The molecule has 0 radical (unpaired) electrons. The lowest BCUT2D eigenvalue weighted by atomic mass is 10.0. The third-order valence-electron chi connectivity index (χ3n) is 2.48. The predicted molar refractivity (Wildman–Crippen MR) is 69.2 cm³/mol. The van der Waals surface area contributed by atoms with Crippen LogP contribution in [0.2, 0.25) is 0 Å². The largest absolute Gasteiger partial charge is 0.497 e. The van der Waals surface area contributed by atoms with Crippen LogP contribution in [-0.2, 0) is 9.53 Å². The first-order chi connectivity index (χ1) is 8.84. The maximum absolute atomic E-state index is 13.8. The molecule has 7 heteroatoms. The first-order valence-electron chi connectivity index (χ1n) is 5.48. The van der Waals surface area contributed by atoms with Gasteiger partial charge in [-0.15, -0.1) is 0 Å². The summed E-state index contributed by atoms with van der Waals surface area (Å²) in [6, 6.07) is 2.64. The van der Waals surface area contributed by atoms with Gasteiger partial charge in [-0.1, -0.05) is 15.9 Å². The summed E-state index contributed by atoms with van der Waals surface area (Å²) in [5, 5.41) is 0. The Hall–Kier alpha value is -1.21. The van der Waals surface area contributed by atoms with E-state index >= 15 is 0 Å². The minimum atomic E-state index is -3.81. The van der Waals surface area contributed by atoms with Crippen LogP contribution in [-0.4, -0.2) is 25.6 Å². The van der Waals surface area contributed by atoms with Crippen LogP contribution in [0.1, 0.15) is 18.5 Å². The highest BCUT2D eigenvalue weighted by molar-refractivity contribution is 9.10. The van der Waals surface area contributed by atoms with E-state index in [4.69, 9.17) is 10.5 Å². The second kappa shape index (κ2) is 6.29. The van der Waals surface area contributed by atoms with Crippen LogP contribution >= 0.6 is 15.9 Å². The Morgan fingerprint density at radius 2 is 2.16 bits per heavy atom. The smallest absolute Gasteiger partial charge is 0.379 e. The quantitative estimate of drug-likeness (QED) is 0.839. The van der Waals surface area contributed by atoms with Gasteiger partial charge in [-0.3, -0.25) is 0 Å². The number of methoxy groups -OCH3 is 1. The van der Waals surface area contributed by atoms with Gasteiger partial charge in [0.1, 0.15) is 11.8 Å². The maximum atomic E-state index is 13.8. The lowest BCUT2D eigenvalue weighted by Gasteiger charge is -2.23. The maximum Gasteiger partial charge on any atom is 0.379 e. The molecule has 1 rings (SSSR count). The van der Waals surface area contributed by atoms with Gasteiger partial charge in [-0.05, 0) is 30.7 Å². The molecule has 1 atom stereocenters. The van der Waals surface area contributed by atoms with Crippen molar-refractivity contribution in [3.05, 3.63) is 28.2 Å². The number of hydrogen-bond acceptors (Lipinski definition) is 4. The molecule has 0 aromatic heterocycles. The van der Waals surface area contributed by atoms with E-state index in [-0.39, 0.29) is 12.2 Å². The van der Waals surface area contributed by atoms with Crippen molar-refractivity contribution in [2.75, 3.05) is 13.7 Å². The number of ether oxygens (including phenoxy) is 2. The predicted octanol–water partition coefficient (Wildman–Crippen LogP) is 2.66. The third kappa shape index (κ3) is 3.42. The Labute approximate surface area is 118 Å². The van der Waals surface area contributed by atoms with Crippen LogP contribution in [0.5, 0.6) is 5.75 Å². The minimum absolute atomic E-state index is 0.0670. The summed E-state index contributed by atoms with van der Waals surface area (Å²) in [6.07, 6.45) is 0. The molecule has 0 spiro atoms. The summed E-state index contributed by atoms with van der Waals surface area (Å²) in [6.45, 7) is 1.31. The highest BCUT2D eigenvalue weighted by Gasteiger charge is 2.48. The van der Waals surface area contributed by atoms with Gasteiger partial charge in [0, 0.05) is 4.47 Å². The van der Waals surface area contributed by atoms with E-state index in [0.717, 1.165) is 0 Å². The molecule has 19 heavy (non-hydrogen) atoms. The molecule has 0 bridgehead atoms. The van der Waals surface area contributed by atoms with Crippen LogP contribution in [0, 0.1) is 0 Å². The highest BCUT2D eigenvalue weighted by Crippen LogP contribution is 2.36. The Kier molecular flexibility index (Phi) is 5.25. The molecule has 0 aliphatic rings. The SMILES string of the molecule is CCOC(=O)C(F)(F)[C@@H](N)c1cc(OC)ccc1Br. The average molecular weight is 338 g/mol. The van der Waals surface area contributed by atoms with E-state index in [1.54, 1.807) is 6.07 Å². The number of hydrogen-bond donors (Lipinski definition) is 1. The summed E-state index contributed by atoms with van der Waals surface area (Å²) in [7, 11) is 1.40. The molecule has 106 valence electrons. The number of benzene rings is 1. The molecule has 0 amide bonds. The lowest BCUT2D eigenvalue weighted by molar-refractivity contribution is -0.174. The first-order valence-corrected chi connectivity index (χ1v) is 6.28. The number of nitrogens with two attached hydrogens (primary N) is 1. The molecule has 0 saturated heterocycles. The van der Waals surface area contributed by atoms with E-state index in [2.05, 4.69) is 20.7 Å². The molecular formula is C12H14BrF2NO3.